The minimum Gasteiger partial charge on any atom is -0.487 e. The number of ether oxygens (including phenoxy) is 1. The number of hydrogen-bond donors (Lipinski definition) is 2. The highest BCUT2D eigenvalue weighted by Crippen LogP contribution is 2.39. The maximum absolute atomic E-state index is 9.37. The highest BCUT2D eigenvalue weighted by atomic mass is 35.5. The Morgan fingerprint density at radius 2 is 2.17 bits per heavy atom. The molecule has 0 radical (unpaired) electrons. The Kier molecular flexibility index (Phi) is 1.54. The third-order valence-corrected chi connectivity index (χ3v) is 2.12. The van der Waals surface area contributed by atoms with Crippen molar-refractivity contribution in [2.24, 2.45) is 0 Å². The summed E-state index contributed by atoms with van der Waals surface area (Å²) in [5.74, 6) is -1.50. The van der Waals surface area contributed by atoms with E-state index in [2.05, 4.69) is 0 Å². The zero-order valence-corrected chi connectivity index (χ0v) is 6.88. The van der Waals surface area contributed by atoms with Crippen LogP contribution >= 0.6 is 11.6 Å². The smallest absolute Gasteiger partial charge is 0.230 e. The molecule has 1 aromatic carbocycles. The summed E-state index contributed by atoms with van der Waals surface area (Å²) in [5.41, 5.74) is 0.256. The van der Waals surface area contributed by atoms with Crippen LogP contribution in [0.2, 0.25) is 5.02 Å². The summed E-state index contributed by atoms with van der Waals surface area (Å²) in [4.78, 5) is 0. The van der Waals surface area contributed by atoms with Gasteiger partial charge in [0.25, 0.3) is 0 Å². The van der Waals surface area contributed by atoms with Crippen LogP contribution in [-0.2, 0) is 5.79 Å². The Balaban J connectivity index is 2.64. The van der Waals surface area contributed by atoms with E-state index >= 15 is 0 Å². The van der Waals surface area contributed by atoms with E-state index < -0.39 is 5.79 Å². The van der Waals surface area contributed by atoms with Crippen LogP contribution < -0.4 is 4.74 Å². The topological polar surface area (TPSA) is 49.7 Å². The van der Waals surface area contributed by atoms with Crippen molar-refractivity contribution in [3.8, 4) is 5.75 Å². The molecular weight excluding hydrogens is 180 g/mol. The minimum atomic E-state index is -1.94. The normalized spacial score (nSPS) is 18.6. The van der Waals surface area contributed by atoms with E-state index in [0.29, 0.717) is 10.8 Å². The number of benzene rings is 1. The number of halogens is 1. The standard InChI is InChI=1S/C8H7ClO3/c9-5-2-1-3-6-7(5)8(10,11)4-12-6/h1-3,10-11H,4H2. The van der Waals surface area contributed by atoms with Gasteiger partial charge in [-0.05, 0) is 12.1 Å². The first-order valence-electron chi connectivity index (χ1n) is 3.48. The minimum absolute atomic E-state index is 0.161. The second-order valence-electron chi connectivity index (χ2n) is 2.72. The average Bonchev–Trinajstić information content (AvgIpc) is 2.29. The fraction of sp³-hybridized carbons (Fsp3) is 0.250. The van der Waals surface area contributed by atoms with Gasteiger partial charge in [-0.15, -0.1) is 0 Å². The Morgan fingerprint density at radius 3 is 2.83 bits per heavy atom. The van der Waals surface area contributed by atoms with Crippen LogP contribution in [0, 0.1) is 0 Å². The SMILES string of the molecule is OC1(O)COc2cccc(Cl)c21. The molecule has 0 saturated heterocycles. The van der Waals surface area contributed by atoms with Gasteiger partial charge >= 0.3 is 0 Å². The van der Waals surface area contributed by atoms with Crippen molar-refractivity contribution >= 4 is 11.6 Å². The molecule has 3 nitrogen and oxygen atoms in total. The second-order valence-corrected chi connectivity index (χ2v) is 3.13. The van der Waals surface area contributed by atoms with Crippen LogP contribution in [0.4, 0.5) is 0 Å². The Hall–Kier alpha value is -0.770. The van der Waals surface area contributed by atoms with Gasteiger partial charge in [0.1, 0.15) is 12.4 Å². The third kappa shape index (κ3) is 0.982. The molecule has 0 aliphatic carbocycles. The predicted molar refractivity (Wildman–Crippen MR) is 43.1 cm³/mol. The van der Waals surface area contributed by atoms with E-state index in [4.69, 9.17) is 16.3 Å². The molecule has 2 N–H and O–H groups in total. The molecule has 0 saturated carbocycles. The van der Waals surface area contributed by atoms with Gasteiger partial charge in [0, 0.05) is 0 Å². The summed E-state index contributed by atoms with van der Waals surface area (Å²) in [6.07, 6.45) is 0. The molecule has 0 atom stereocenters. The van der Waals surface area contributed by atoms with E-state index in [9.17, 15) is 10.2 Å². The maximum atomic E-state index is 9.37. The molecule has 12 heavy (non-hydrogen) atoms. The molecule has 0 unspecified atom stereocenters. The fourth-order valence-corrected chi connectivity index (χ4v) is 1.58. The Labute approximate surface area is 74.2 Å². The lowest BCUT2D eigenvalue weighted by molar-refractivity contribution is -0.173. The monoisotopic (exact) mass is 186 g/mol. The van der Waals surface area contributed by atoms with Gasteiger partial charge in [-0.3, -0.25) is 0 Å². The predicted octanol–water partition coefficient (Wildman–Crippen LogP) is 0.870. The number of rotatable bonds is 0. The molecule has 1 heterocycles. The highest BCUT2D eigenvalue weighted by Gasteiger charge is 2.38. The van der Waals surface area contributed by atoms with E-state index in [1.807, 2.05) is 0 Å². The van der Waals surface area contributed by atoms with Crippen molar-refractivity contribution in [2.45, 2.75) is 5.79 Å². The van der Waals surface area contributed by atoms with Gasteiger partial charge in [-0.2, -0.15) is 0 Å². The summed E-state index contributed by atoms with van der Waals surface area (Å²) < 4.78 is 5.01. The van der Waals surface area contributed by atoms with Crippen LogP contribution in [0.3, 0.4) is 0 Å². The molecular formula is C8H7ClO3. The summed E-state index contributed by atoms with van der Waals surface area (Å²) in [5, 5.41) is 19.1. The van der Waals surface area contributed by atoms with Crippen molar-refractivity contribution < 1.29 is 14.9 Å². The molecule has 64 valence electrons. The van der Waals surface area contributed by atoms with E-state index in [1.165, 1.54) is 0 Å². The number of fused-ring (bicyclic) bond motifs is 1. The van der Waals surface area contributed by atoms with Gasteiger partial charge < -0.3 is 14.9 Å². The summed E-state index contributed by atoms with van der Waals surface area (Å²) in [7, 11) is 0. The van der Waals surface area contributed by atoms with Crippen LogP contribution in [0.25, 0.3) is 0 Å². The Bertz CT molecular complexity index is 322. The quantitative estimate of drug-likeness (QED) is 0.592. The van der Waals surface area contributed by atoms with Crippen molar-refractivity contribution in [3.05, 3.63) is 28.8 Å². The van der Waals surface area contributed by atoms with E-state index in [-0.39, 0.29) is 12.2 Å². The molecule has 1 aliphatic rings. The molecule has 2 rings (SSSR count). The first kappa shape index (κ1) is 7.86. The van der Waals surface area contributed by atoms with Gasteiger partial charge in [-0.25, -0.2) is 0 Å². The summed E-state index contributed by atoms with van der Waals surface area (Å²) in [6, 6.07) is 4.94. The average molecular weight is 187 g/mol. The molecule has 0 fully saturated rings. The molecule has 0 spiro atoms. The van der Waals surface area contributed by atoms with Gasteiger partial charge in [0.15, 0.2) is 0 Å². The van der Waals surface area contributed by atoms with Crippen molar-refractivity contribution in [1.82, 2.24) is 0 Å². The second kappa shape index (κ2) is 2.36. The fourth-order valence-electron chi connectivity index (χ4n) is 1.26. The van der Waals surface area contributed by atoms with Crippen LogP contribution in [0.5, 0.6) is 5.75 Å². The molecule has 0 bridgehead atoms. The third-order valence-electron chi connectivity index (χ3n) is 1.80. The lowest BCUT2D eigenvalue weighted by atomic mass is 10.1. The van der Waals surface area contributed by atoms with E-state index in [0.717, 1.165) is 0 Å². The van der Waals surface area contributed by atoms with Crippen molar-refractivity contribution in [1.29, 1.82) is 0 Å². The first-order chi connectivity index (χ1) is 5.61. The molecule has 4 heteroatoms. The van der Waals surface area contributed by atoms with Gasteiger partial charge in [0.05, 0.1) is 10.6 Å². The summed E-state index contributed by atoms with van der Waals surface area (Å²) >= 11 is 5.75. The maximum Gasteiger partial charge on any atom is 0.230 e. The first-order valence-corrected chi connectivity index (χ1v) is 3.85. The van der Waals surface area contributed by atoms with E-state index in [1.54, 1.807) is 18.2 Å². The number of hydrogen-bond acceptors (Lipinski definition) is 3. The molecule has 1 aromatic rings. The van der Waals surface area contributed by atoms with Crippen LogP contribution in [-0.4, -0.2) is 16.8 Å². The largest absolute Gasteiger partial charge is 0.487 e. The van der Waals surface area contributed by atoms with Crippen LogP contribution in [0.15, 0.2) is 18.2 Å². The van der Waals surface area contributed by atoms with Gasteiger partial charge in [-0.1, -0.05) is 17.7 Å². The molecule has 0 amide bonds. The van der Waals surface area contributed by atoms with Gasteiger partial charge in [0.2, 0.25) is 5.79 Å². The van der Waals surface area contributed by atoms with Crippen molar-refractivity contribution in [2.75, 3.05) is 6.61 Å². The Morgan fingerprint density at radius 1 is 1.42 bits per heavy atom. The zero-order chi connectivity index (χ0) is 8.77. The van der Waals surface area contributed by atoms with Crippen molar-refractivity contribution in [3.63, 3.8) is 0 Å². The lowest BCUT2D eigenvalue weighted by Gasteiger charge is -2.13. The highest BCUT2D eigenvalue weighted by molar-refractivity contribution is 6.31. The van der Waals surface area contributed by atoms with Crippen LogP contribution in [0.1, 0.15) is 5.56 Å². The number of aliphatic hydroxyl groups is 2. The summed E-state index contributed by atoms with van der Waals surface area (Å²) in [6.45, 7) is -0.161. The molecule has 1 aliphatic heterocycles. The zero-order valence-electron chi connectivity index (χ0n) is 6.12. The lowest BCUT2D eigenvalue weighted by Crippen LogP contribution is -2.26. The molecule has 0 aromatic heterocycles.